The van der Waals surface area contributed by atoms with Gasteiger partial charge in [-0.15, -0.1) is 0 Å². The fourth-order valence-electron chi connectivity index (χ4n) is 6.79. The van der Waals surface area contributed by atoms with Crippen molar-refractivity contribution in [3.05, 3.63) is 90.0 Å². The van der Waals surface area contributed by atoms with Gasteiger partial charge in [-0.3, -0.25) is 4.79 Å². The van der Waals surface area contributed by atoms with Crippen LogP contribution in [0, 0.1) is 17.2 Å². The number of benzene rings is 3. The molecule has 188 valence electrons. The number of anilines is 1. The first kappa shape index (κ1) is 24.1. The zero-order valence-corrected chi connectivity index (χ0v) is 22.0. The summed E-state index contributed by atoms with van der Waals surface area (Å²) in [5, 5.41) is 13.7. The molecule has 5 heteroatoms. The average molecular weight is 508 g/mol. The number of hydrogen-bond acceptors (Lipinski definition) is 4. The SMILES string of the molecule is N#C[C@@]1(CCCC2CCC3(CC2)C(=O)NCN3c2ccccc2)Cc2ccccc2Sc2ccccc21. The predicted molar refractivity (Wildman–Crippen MR) is 148 cm³/mol. The number of nitrogens with zero attached hydrogens (tertiary/aromatic N) is 2. The Balaban J connectivity index is 1.15. The first-order valence-corrected chi connectivity index (χ1v) is 14.3. The third-order valence-electron chi connectivity index (χ3n) is 8.85. The van der Waals surface area contributed by atoms with Gasteiger partial charge in [0.05, 0.1) is 18.2 Å². The molecule has 2 fully saturated rings. The molecular weight excluding hydrogens is 474 g/mol. The molecule has 1 aliphatic carbocycles. The maximum Gasteiger partial charge on any atom is 0.247 e. The summed E-state index contributed by atoms with van der Waals surface area (Å²) < 4.78 is 0. The molecule has 0 radical (unpaired) electrons. The molecule has 1 spiro atoms. The lowest BCUT2D eigenvalue weighted by Crippen LogP contribution is -2.51. The van der Waals surface area contributed by atoms with Gasteiger partial charge in [0.1, 0.15) is 5.54 Å². The van der Waals surface area contributed by atoms with Crippen molar-refractivity contribution in [2.45, 2.75) is 72.1 Å². The Bertz CT molecular complexity index is 1330. The summed E-state index contributed by atoms with van der Waals surface area (Å²) in [4.78, 5) is 17.8. The van der Waals surface area contributed by atoms with Crippen molar-refractivity contribution >= 4 is 23.4 Å². The zero-order valence-electron chi connectivity index (χ0n) is 21.2. The number of carbonyl (C=O) groups is 1. The van der Waals surface area contributed by atoms with Crippen LogP contribution >= 0.6 is 11.8 Å². The van der Waals surface area contributed by atoms with Crippen LogP contribution in [-0.4, -0.2) is 18.1 Å². The van der Waals surface area contributed by atoms with E-state index in [-0.39, 0.29) is 5.91 Å². The number of nitrogens with one attached hydrogen (secondary N) is 1. The fraction of sp³-hybridized carbons (Fsp3) is 0.375. The Morgan fingerprint density at radius 3 is 2.43 bits per heavy atom. The van der Waals surface area contributed by atoms with Gasteiger partial charge in [0.15, 0.2) is 0 Å². The van der Waals surface area contributed by atoms with Gasteiger partial charge in [0.25, 0.3) is 0 Å². The molecule has 1 amide bonds. The Hall–Kier alpha value is -3.23. The molecule has 2 heterocycles. The number of nitriles is 1. The summed E-state index contributed by atoms with van der Waals surface area (Å²) in [6.07, 6.45) is 7.70. The van der Waals surface area contributed by atoms with Crippen molar-refractivity contribution in [3.8, 4) is 6.07 Å². The second-order valence-electron chi connectivity index (χ2n) is 10.9. The third kappa shape index (κ3) is 4.32. The van der Waals surface area contributed by atoms with Crippen molar-refractivity contribution in [2.24, 2.45) is 5.92 Å². The number of hydrogen-bond donors (Lipinski definition) is 1. The largest absolute Gasteiger partial charge is 0.339 e. The van der Waals surface area contributed by atoms with Crippen LogP contribution in [0.3, 0.4) is 0 Å². The van der Waals surface area contributed by atoms with Crippen LogP contribution in [0.25, 0.3) is 0 Å². The van der Waals surface area contributed by atoms with E-state index in [1.807, 2.05) is 18.2 Å². The Labute approximate surface area is 224 Å². The number of carbonyl (C=O) groups excluding carboxylic acids is 1. The smallest absolute Gasteiger partial charge is 0.247 e. The van der Waals surface area contributed by atoms with Crippen molar-refractivity contribution in [1.82, 2.24) is 5.32 Å². The highest BCUT2D eigenvalue weighted by molar-refractivity contribution is 7.99. The van der Waals surface area contributed by atoms with Crippen molar-refractivity contribution < 1.29 is 4.79 Å². The molecule has 1 saturated carbocycles. The number of para-hydroxylation sites is 1. The number of rotatable bonds is 5. The maximum absolute atomic E-state index is 13.0. The van der Waals surface area contributed by atoms with Gasteiger partial charge < -0.3 is 10.2 Å². The van der Waals surface area contributed by atoms with E-state index in [1.165, 1.54) is 20.9 Å². The fourth-order valence-corrected chi connectivity index (χ4v) is 7.96. The molecule has 3 aliphatic rings. The average Bonchev–Trinajstić information content (AvgIpc) is 3.17. The highest BCUT2D eigenvalue weighted by atomic mass is 32.2. The van der Waals surface area contributed by atoms with Crippen molar-refractivity contribution in [3.63, 3.8) is 0 Å². The van der Waals surface area contributed by atoms with E-state index in [2.05, 4.69) is 76.9 Å². The van der Waals surface area contributed by atoms with E-state index < -0.39 is 11.0 Å². The Morgan fingerprint density at radius 2 is 1.65 bits per heavy atom. The minimum atomic E-state index is -0.498. The maximum atomic E-state index is 13.0. The van der Waals surface area contributed by atoms with Crippen LogP contribution in [0.4, 0.5) is 5.69 Å². The monoisotopic (exact) mass is 507 g/mol. The second-order valence-corrected chi connectivity index (χ2v) is 12.0. The minimum absolute atomic E-state index is 0.185. The van der Waals surface area contributed by atoms with E-state index in [4.69, 9.17) is 0 Å². The van der Waals surface area contributed by atoms with Crippen molar-refractivity contribution in [1.29, 1.82) is 5.26 Å². The van der Waals surface area contributed by atoms with Crippen LogP contribution < -0.4 is 10.2 Å². The summed E-state index contributed by atoms with van der Waals surface area (Å²) in [7, 11) is 0. The standard InChI is InChI=1S/C32H33N3OS/c33-22-31(21-25-10-4-6-14-28(25)37-29-15-7-5-13-27(29)31)18-8-9-24-16-19-32(20-17-24)30(36)34-23-35(32)26-11-2-1-3-12-26/h1-7,10-15,24H,8-9,16-21,23H2,(H,34,36)/t24?,31-,32?/m1/s1. The summed E-state index contributed by atoms with van der Waals surface area (Å²) in [5.41, 5.74) is 2.68. The predicted octanol–water partition coefficient (Wildman–Crippen LogP) is 6.85. The van der Waals surface area contributed by atoms with Crippen molar-refractivity contribution in [2.75, 3.05) is 11.6 Å². The molecular formula is C32H33N3OS. The lowest BCUT2D eigenvalue weighted by Gasteiger charge is -2.42. The molecule has 4 nitrogen and oxygen atoms in total. The molecule has 1 atom stereocenters. The molecule has 0 unspecified atom stereocenters. The van der Waals surface area contributed by atoms with E-state index in [1.54, 1.807) is 11.8 Å². The molecule has 3 aromatic rings. The molecule has 1 N–H and O–H groups in total. The molecule has 2 aliphatic heterocycles. The Morgan fingerprint density at radius 1 is 0.946 bits per heavy atom. The summed E-state index contributed by atoms with van der Waals surface area (Å²) >= 11 is 1.80. The lowest BCUT2D eigenvalue weighted by atomic mass is 9.70. The highest BCUT2D eigenvalue weighted by Crippen LogP contribution is 2.47. The number of fused-ring (bicyclic) bond motifs is 2. The van der Waals surface area contributed by atoms with Crippen LogP contribution in [-0.2, 0) is 16.6 Å². The van der Waals surface area contributed by atoms with E-state index >= 15 is 0 Å². The summed E-state index contributed by atoms with van der Waals surface area (Å²) in [6.45, 7) is 0.594. The molecule has 0 bridgehead atoms. The van der Waals surface area contributed by atoms with E-state index in [9.17, 15) is 10.1 Å². The zero-order chi connectivity index (χ0) is 25.3. The normalized spacial score (nSPS) is 26.6. The van der Waals surface area contributed by atoms with Crippen LogP contribution in [0.5, 0.6) is 0 Å². The molecule has 1 saturated heterocycles. The van der Waals surface area contributed by atoms with Crippen LogP contribution in [0.1, 0.15) is 56.1 Å². The lowest BCUT2D eigenvalue weighted by molar-refractivity contribution is -0.124. The molecule has 3 aromatic carbocycles. The van der Waals surface area contributed by atoms with E-state index in [0.29, 0.717) is 12.6 Å². The van der Waals surface area contributed by atoms with Gasteiger partial charge in [-0.05, 0) is 79.8 Å². The second kappa shape index (κ2) is 9.91. The first-order valence-electron chi connectivity index (χ1n) is 13.5. The molecule has 6 rings (SSSR count). The summed E-state index contributed by atoms with van der Waals surface area (Å²) in [6, 6.07) is 30.2. The highest BCUT2D eigenvalue weighted by Gasteiger charge is 2.50. The topological polar surface area (TPSA) is 56.1 Å². The van der Waals surface area contributed by atoms with Gasteiger partial charge in [-0.1, -0.05) is 79.2 Å². The Kier molecular flexibility index (Phi) is 6.46. The molecule has 37 heavy (non-hydrogen) atoms. The van der Waals surface area contributed by atoms with Gasteiger partial charge in [0.2, 0.25) is 5.91 Å². The van der Waals surface area contributed by atoms with Crippen LogP contribution in [0.15, 0.2) is 88.7 Å². The third-order valence-corrected chi connectivity index (χ3v) is 10.0. The van der Waals surface area contributed by atoms with E-state index in [0.717, 1.165) is 57.1 Å². The molecule has 0 aromatic heterocycles. The quantitative estimate of drug-likeness (QED) is 0.410. The number of amides is 1. The van der Waals surface area contributed by atoms with Gasteiger partial charge in [-0.25, -0.2) is 0 Å². The van der Waals surface area contributed by atoms with Gasteiger partial charge in [-0.2, -0.15) is 5.26 Å². The van der Waals surface area contributed by atoms with Gasteiger partial charge in [0, 0.05) is 15.5 Å². The minimum Gasteiger partial charge on any atom is -0.339 e. The summed E-state index contributed by atoms with van der Waals surface area (Å²) in [5.74, 6) is 0.791. The van der Waals surface area contributed by atoms with Gasteiger partial charge >= 0.3 is 0 Å². The first-order chi connectivity index (χ1) is 18.1. The van der Waals surface area contributed by atoms with Crippen LogP contribution in [0.2, 0.25) is 0 Å².